The van der Waals surface area contributed by atoms with Crippen molar-refractivity contribution in [2.75, 3.05) is 71.5 Å². The van der Waals surface area contributed by atoms with E-state index in [2.05, 4.69) is 27.4 Å². The van der Waals surface area contributed by atoms with Gasteiger partial charge in [-0.3, -0.25) is 14.8 Å². The number of aliphatic imine (C=N–C) groups is 1. The highest BCUT2D eigenvalue weighted by Crippen LogP contribution is 2.18. The number of piperazine rings is 3. The number of benzene rings is 1. The van der Waals surface area contributed by atoms with Crippen LogP contribution in [0, 0.1) is 0 Å². The van der Waals surface area contributed by atoms with Crippen molar-refractivity contribution >= 4 is 11.6 Å². The van der Waals surface area contributed by atoms with E-state index in [4.69, 9.17) is 14.5 Å². The standard InChI is InChI=1S/C20H33N5O2/c1-3-21-20(22-15-18-16-24-8-10-25(18)11-9-24)23-17-6-4-7-19(14-17)27-13-5-12-26-2/h4,6-7,14,18H,3,5,8-13,15-16H2,1-2H3,(H2,21,22,23). The molecular weight excluding hydrogens is 342 g/mol. The third kappa shape index (κ3) is 6.09. The first-order valence-electron chi connectivity index (χ1n) is 10.0. The Labute approximate surface area is 162 Å². The summed E-state index contributed by atoms with van der Waals surface area (Å²) in [5.41, 5.74) is 0.980. The number of anilines is 1. The van der Waals surface area contributed by atoms with Crippen molar-refractivity contribution in [3.05, 3.63) is 24.3 Å². The van der Waals surface area contributed by atoms with E-state index in [-0.39, 0.29) is 0 Å². The molecule has 150 valence electrons. The Morgan fingerprint density at radius 3 is 2.78 bits per heavy atom. The molecule has 0 amide bonds. The van der Waals surface area contributed by atoms with Crippen LogP contribution in [0.4, 0.5) is 5.69 Å². The number of hydrogen-bond acceptors (Lipinski definition) is 5. The molecule has 3 saturated heterocycles. The molecular formula is C20H33N5O2. The lowest BCUT2D eigenvalue weighted by Crippen LogP contribution is -2.61. The minimum Gasteiger partial charge on any atom is -0.493 e. The second kappa shape index (κ2) is 10.5. The van der Waals surface area contributed by atoms with Gasteiger partial charge in [0.25, 0.3) is 0 Å². The predicted molar refractivity (Wildman–Crippen MR) is 110 cm³/mol. The van der Waals surface area contributed by atoms with Crippen molar-refractivity contribution in [3.8, 4) is 5.75 Å². The molecule has 0 aromatic heterocycles. The summed E-state index contributed by atoms with van der Waals surface area (Å²) in [4.78, 5) is 9.95. The van der Waals surface area contributed by atoms with Gasteiger partial charge in [0.2, 0.25) is 0 Å². The lowest BCUT2D eigenvalue weighted by atomic mass is 10.1. The summed E-state index contributed by atoms with van der Waals surface area (Å²) in [6.45, 7) is 11.0. The smallest absolute Gasteiger partial charge is 0.195 e. The van der Waals surface area contributed by atoms with Gasteiger partial charge in [0, 0.05) is 77.2 Å². The quantitative estimate of drug-likeness (QED) is 0.387. The van der Waals surface area contributed by atoms with Gasteiger partial charge in [0.05, 0.1) is 13.2 Å². The van der Waals surface area contributed by atoms with Crippen molar-refractivity contribution in [2.24, 2.45) is 4.99 Å². The molecule has 0 radical (unpaired) electrons. The van der Waals surface area contributed by atoms with E-state index >= 15 is 0 Å². The molecule has 1 atom stereocenters. The van der Waals surface area contributed by atoms with Crippen LogP contribution in [0.5, 0.6) is 5.75 Å². The van der Waals surface area contributed by atoms with Gasteiger partial charge in [0.1, 0.15) is 5.75 Å². The van der Waals surface area contributed by atoms with Crippen LogP contribution >= 0.6 is 0 Å². The van der Waals surface area contributed by atoms with Crippen molar-refractivity contribution in [1.29, 1.82) is 0 Å². The van der Waals surface area contributed by atoms with Gasteiger partial charge < -0.3 is 20.1 Å². The Bertz CT molecular complexity index is 602. The summed E-state index contributed by atoms with van der Waals surface area (Å²) in [5, 5.41) is 6.75. The molecule has 1 aromatic carbocycles. The molecule has 2 N–H and O–H groups in total. The van der Waals surface area contributed by atoms with Gasteiger partial charge in [0.15, 0.2) is 5.96 Å². The number of rotatable bonds is 9. The molecule has 7 heteroatoms. The Balaban J connectivity index is 1.55. The molecule has 27 heavy (non-hydrogen) atoms. The predicted octanol–water partition coefficient (Wildman–Crippen LogP) is 1.48. The summed E-state index contributed by atoms with van der Waals surface area (Å²) in [6, 6.07) is 8.54. The van der Waals surface area contributed by atoms with Crippen LogP contribution in [0.2, 0.25) is 0 Å². The molecule has 3 fully saturated rings. The molecule has 1 unspecified atom stereocenters. The molecule has 2 bridgehead atoms. The number of ether oxygens (including phenoxy) is 2. The number of fused-ring (bicyclic) bond motifs is 3. The Morgan fingerprint density at radius 1 is 1.22 bits per heavy atom. The van der Waals surface area contributed by atoms with E-state index in [9.17, 15) is 0 Å². The minimum absolute atomic E-state index is 0.526. The molecule has 3 heterocycles. The first-order valence-corrected chi connectivity index (χ1v) is 10.0. The fourth-order valence-electron chi connectivity index (χ4n) is 3.60. The highest BCUT2D eigenvalue weighted by Gasteiger charge is 2.31. The average Bonchev–Trinajstić information content (AvgIpc) is 2.71. The molecule has 0 saturated carbocycles. The zero-order chi connectivity index (χ0) is 18.9. The van der Waals surface area contributed by atoms with Crippen molar-refractivity contribution in [3.63, 3.8) is 0 Å². The first kappa shape index (κ1) is 19.9. The summed E-state index contributed by atoms with van der Waals surface area (Å²) < 4.78 is 10.8. The number of guanidine groups is 1. The largest absolute Gasteiger partial charge is 0.493 e. The van der Waals surface area contributed by atoms with Gasteiger partial charge in [-0.05, 0) is 19.1 Å². The topological polar surface area (TPSA) is 61.4 Å². The zero-order valence-corrected chi connectivity index (χ0v) is 16.6. The summed E-state index contributed by atoms with van der Waals surface area (Å²) >= 11 is 0. The van der Waals surface area contributed by atoms with E-state index in [1.807, 2.05) is 24.3 Å². The van der Waals surface area contributed by atoms with E-state index < -0.39 is 0 Å². The lowest BCUT2D eigenvalue weighted by Gasteiger charge is -2.47. The summed E-state index contributed by atoms with van der Waals surface area (Å²) in [7, 11) is 1.71. The summed E-state index contributed by atoms with van der Waals surface area (Å²) in [5.74, 6) is 1.68. The maximum atomic E-state index is 5.79. The molecule has 0 spiro atoms. The Hall–Kier alpha value is -1.83. The fourth-order valence-corrected chi connectivity index (χ4v) is 3.60. The normalized spacial score (nSPS) is 24.7. The third-order valence-electron chi connectivity index (χ3n) is 5.05. The van der Waals surface area contributed by atoms with Crippen LogP contribution in [0.15, 0.2) is 29.3 Å². The molecule has 1 aromatic rings. The lowest BCUT2D eigenvalue weighted by molar-refractivity contribution is 0.0174. The number of hydrogen-bond donors (Lipinski definition) is 2. The van der Waals surface area contributed by atoms with Crippen LogP contribution in [0.3, 0.4) is 0 Å². The monoisotopic (exact) mass is 375 g/mol. The number of methoxy groups -OCH3 is 1. The van der Waals surface area contributed by atoms with Crippen LogP contribution in [0.1, 0.15) is 13.3 Å². The second-order valence-corrected chi connectivity index (χ2v) is 7.06. The molecule has 3 aliphatic rings. The zero-order valence-electron chi connectivity index (χ0n) is 16.6. The molecule has 3 aliphatic heterocycles. The van der Waals surface area contributed by atoms with Gasteiger partial charge in [-0.15, -0.1) is 0 Å². The van der Waals surface area contributed by atoms with Gasteiger partial charge in [-0.2, -0.15) is 0 Å². The highest BCUT2D eigenvalue weighted by atomic mass is 16.5. The van der Waals surface area contributed by atoms with Crippen molar-refractivity contribution in [2.45, 2.75) is 19.4 Å². The Kier molecular flexibility index (Phi) is 7.74. The highest BCUT2D eigenvalue weighted by molar-refractivity contribution is 5.93. The van der Waals surface area contributed by atoms with E-state index in [0.717, 1.165) is 43.5 Å². The maximum Gasteiger partial charge on any atom is 0.195 e. The number of nitrogens with one attached hydrogen (secondary N) is 2. The molecule has 7 nitrogen and oxygen atoms in total. The van der Waals surface area contributed by atoms with Crippen LogP contribution in [0.25, 0.3) is 0 Å². The van der Waals surface area contributed by atoms with Gasteiger partial charge in [-0.25, -0.2) is 0 Å². The average molecular weight is 376 g/mol. The SMILES string of the molecule is CCNC(=NCC1CN2CCN1CC2)Nc1cccc(OCCCOC)c1. The van der Waals surface area contributed by atoms with Crippen LogP contribution < -0.4 is 15.4 Å². The van der Waals surface area contributed by atoms with E-state index in [1.165, 1.54) is 26.2 Å². The van der Waals surface area contributed by atoms with E-state index in [0.29, 0.717) is 19.3 Å². The third-order valence-corrected chi connectivity index (χ3v) is 5.05. The molecule has 4 rings (SSSR count). The van der Waals surface area contributed by atoms with Crippen LogP contribution in [-0.4, -0.2) is 87.9 Å². The second-order valence-electron chi connectivity index (χ2n) is 7.06. The fraction of sp³-hybridized carbons (Fsp3) is 0.650. The maximum absolute atomic E-state index is 5.79. The van der Waals surface area contributed by atoms with Crippen LogP contribution in [-0.2, 0) is 4.74 Å². The minimum atomic E-state index is 0.526. The van der Waals surface area contributed by atoms with Crippen molar-refractivity contribution < 1.29 is 9.47 Å². The summed E-state index contributed by atoms with van der Waals surface area (Å²) in [6.07, 6.45) is 0.882. The van der Waals surface area contributed by atoms with Crippen molar-refractivity contribution in [1.82, 2.24) is 15.1 Å². The number of nitrogens with zero attached hydrogens (tertiary/aromatic N) is 3. The molecule has 0 aliphatic carbocycles. The Morgan fingerprint density at radius 2 is 2.07 bits per heavy atom. The van der Waals surface area contributed by atoms with Gasteiger partial charge >= 0.3 is 0 Å². The van der Waals surface area contributed by atoms with E-state index in [1.54, 1.807) is 7.11 Å². The first-order chi connectivity index (χ1) is 13.3. The van der Waals surface area contributed by atoms with Gasteiger partial charge in [-0.1, -0.05) is 6.07 Å².